The summed E-state index contributed by atoms with van der Waals surface area (Å²) in [5.41, 5.74) is 2.17. The van der Waals surface area contributed by atoms with Crippen LogP contribution >= 0.6 is 0 Å². The van der Waals surface area contributed by atoms with Crippen LogP contribution in [-0.4, -0.2) is 30.0 Å². The van der Waals surface area contributed by atoms with E-state index >= 15 is 0 Å². The molecule has 5 nitrogen and oxygen atoms in total. The predicted octanol–water partition coefficient (Wildman–Crippen LogP) is 3.54. The Bertz CT molecular complexity index is 819. The van der Waals surface area contributed by atoms with Crippen LogP contribution in [-0.2, 0) is 10.3 Å². The van der Waals surface area contributed by atoms with E-state index in [1.807, 2.05) is 55.5 Å². The second-order valence-electron chi connectivity index (χ2n) is 6.83. The molecule has 136 valence electrons. The third-order valence-corrected chi connectivity index (χ3v) is 4.90. The third kappa shape index (κ3) is 3.43. The molecule has 1 N–H and O–H groups in total. The normalized spacial score (nSPS) is 19.6. The average Bonchev–Trinajstić information content (AvgIpc) is 2.86. The highest BCUT2D eigenvalue weighted by atomic mass is 16.5. The molecule has 1 heterocycles. The van der Waals surface area contributed by atoms with E-state index in [1.54, 1.807) is 6.92 Å². The Balaban J connectivity index is 1.57. The molecule has 0 aliphatic carbocycles. The lowest BCUT2D eigenvalue weighted by atomic mass is 9.92. The molecule has 3 rings (SSSR count). The second kappa shape index (κ2) is 7.20. The van der Waals surface area contributed by atoms with Crippen LogP contribution in [0.1, 0.15) is 30.0 Å². The van der Waals surface area contributed by atoms with Gasteiger partial charge in [-0.2, -0.15) is 0 Å². The number of rotatable bonds is 6. The summed E-state index contributed by atoms with van der Waals surface area (Å²) < 4.78 is 5.74. The number of nitrogens with zero attached hydrogens (tertiary/aromatic N) is 1. The molecule has 0 radical (unpaired) electrons. The molecule has 1 aliphatic rings. The average molecular weight is 352 g/mol. The third-order valence-electron chi connectivity index (χ3n) is 4.90. The first-order valence-corrected chi connectivity index (χ1v) is 8.81. The maximum Gasteiger partial charge on any atom is 0.325 e. The summed E-state index contributed by atoms with van der Waals surface area (Å²) in [6, 6.07) is 14.9. The maximum atomic E-state index is 12.8. The molecule has 0 bridgehead atoms. The van der Waals surface area contributed by atoms with Crippen molar-refractivity contribution in [2.75, 3.05) is 13.2 Å². The second-order valence-corrected chi connectivity index (χ2v) is 6.83. The highest BCUT2D eigenvalue weighted by Gasteiger charge is 2.48. The van der Waals surface area contributed by atoms with E-state index in [1.165, 1.54) is 16.0 Å². The predicted molar refractivity (Wildman–Crippen MR) is 100 cm³/mol. The Morgan fingerprint density at radius 3 is 2.46 bits per heavy atom. The van der Waals surface area contributed by atoms with Crippen LogP contribution in [0.25, 0.3) is 0 Å². The topological polar surface area (TPSA) is 58.6 Å². The number of benzene rings is 2. The number of amides is 3. The number of carbonyl (C=O) groups excluding carboxylic acids is 2. The van der Waals surface area contributed by atoms with E-state index in [9.17, 15) is 9.59 Å². The van der Waals surface area contributed by atoms with Crippen LogP contribution in [0.15, 0.2) is 48.5 Å². The lowest BCUT2D eigenvalue weighted by molar-refractivity contribution is -0.131. The van der Waals surface area contributed by atoms with E-state index in [2.05, 4.69) is 12.2 Å². The van der Waals surface area contributed by atoms with Gasteiger partial charge in [0, 0.05) is 6.54 Å². The smallest absolute Gasteiger partial charge is 0.325 e. The van der Waals surface area contributed by atoms with Crippen molar-refractivity contribution in [2.24, 2.45) is 0 Å². The molecule has 0 aromatic heterocycles. The number of imide groups is 1. The number of aryl methyl sites for hydroxylation is 2. The first-order valence-electron chi connectivity index (χ1n) is 8.81. The molecule has 3 amide bonds. The van der Waals surface area contributed by atoms with E-state index in [-0.39, 0.29) is 11.9 Å². The Hall–Kier alpha value is -2.82. The van der Waals surface area contributed by atoms with Gasteiger partial charge in [0.05, 0.1) is 6.61 Å². The molecule has 1 aliphatic heterocycles. The molecule has 2 aromatic rings. The van der Waals surface area contributed by atoms with Crippen LogP contribution in [0.5, 0.6) is 5.75 Å². The quantitative estimate of drug-likeness (QED) is 0.639. The van der Waals surface area contributed by atoms with Gasteiger partial charge in [-0.05, 0) is 56.0 Å². The van der Waals surface area contributed by atoms with Gasteiger partial charge >= 0.3 is 6.03 Å². The monoisotopic (exact) mass is 352 g/mol. The summed E-state index contributed by atoms with van der Waals surface area (Å²) >= 11 is 0. The van der Waals surface area contributed by atoms with Crippen molar-refractivity contribution in [3.8, 4) is 5.75 Å². The zero-order chi connectivity index (χ0) is 18.7. The van der Waals surface area contributed by atoms with Crippen molar-refractivity contribution >= 4 is 11.9 Å². The molecule has 1 fully saturated rings. The zero-order valence-corrected chi connectivity index (χ0v) is 15.4. The van der Waals surface area contributed by atoms with Crippen LogP contribution < -0.4 is 10.1 Å². The van der Waals surface area contributed by atoms with Crippen molar-refractivity contribution < 1.29 is 14.3 Å². The van der Waals surface area contributed by atoms with Gasteiger partial charge in [-0.15, -0.1) is 0 Å². The van der Waals surface area contributed by atoms with Crippen molar-refractivity contribution in [2.45, 2.75) is 32.7 Å². The van der Waals surface area contributed by atoms with Crippen molar-refractivity contribution in [1.29, 1.82) is 0 Å². The lowest BCUT2D eigenvalue weighted by Crippen LogP contribution is -2.41. The van der Waals surface area contributed by atoms with Crippen LogP contribution in [0.4, 0.5) is 4.79 Å². The van der Waals surface area contributed by atoms with Gasteiger partial charge < -0.3 is 10.1 Å². The number of hydrogen-bond acceptors (Lipinski definition) is 3. The Kier molecular flexibility index (Phi) is 4.98. The molecule has 0 saturated carbocycles. The molecule has 1 saturated heterocycles. The Labute approximate surface area is 154 Å². The molecule has 1 unspecified atom stereocenters. The minimum atomic E-state index is -1.01. The summed E-state index contributed by atoms with van der Waals surface area (Å²) in [4.78, 5) is 26.3. The summed E-state index contributed by atoms with van der Waals surface area (Å²) in [6.07, 6.45) is 0.580. The first kappa shape index (κ1) is 18.0. The van der Waals surface area contributed by atoms with Gasteiger partial charge in [-0.3, -0.25) is 9.69 Å². The molecule has 5 heteroatoms. The summed E-state index contributed by atoms with van der Waals surface area (Å²) in [5.74, 6) is 0.583. The van der Waals surface area contributed by atoms with Gasteiger partial charge in [-0.25, -0.2) is 4.79 Å². The van der Waals surface area contributed by atoms with Gasteiger partial charge in [0.2, 0.25) is 0 Å². The lowest BCUT2D eigenvalue weighted by Gasteiger charge is -2.22. The fraction of sp³-hybridized carbons (Fsp3) is 0.333. The van der Waals surface area contributed by atoms with E-state index in [0.717, 1.165) is 11.3 Å². The van der Waals surface area contributed by atoms with Gasteiger partial charge in [0.15, 0.2) is 0 Å². The number of hydrogen-bond donors (Lipinski definition) is 1. The fourth-order valence-electron chi connectivity index (χ4n) is 3.08. The summed E-state index contributed by atoms with van der Waals surface area (Å²) in [5, 5.41) is 2.82. The SMILES string of the molecule is Cc1ccc(OCCCN2C(=O)NC(C)(c3ccccc3)C2=O)cc1C. The van der Waals surface area contributed by atoms with Crippen molar-refractivity contribution in [1.82, 2.24) is 10.2 Å². The number of ether oxygens (including phenoxy) is 1. The molecule has 2 aromatic carbocycles. The first-order chi connectivity index (χ1) is 12.4. The van der Waals surface area contributed by atoms with Gasteiger partial charge in [0.25, 0.3) is 5.91 Å². The molecule has 1 atom stereocenters. The number of urea groups is 1. The van der Waals surface area contributed by atoms with Crippen molar-refractivity contribution in [3.05, 3.63) is 65.2 Å². The molecular weight excluding hydrogens is 328 g/mol. The van der Waals surface area contributed by atoms with Crippen LogP contribution in [0, 0.1) is 13.8 Å². The zero-order valence-electron chi connectivity index (χ0n) is 15.4. The standard InChI is InChI=1S/C21H24N2O3/c1-15-10-11-18(14-16(15)2)26-13-7-12-23-19(24)21(3,22-20(23)25)17-8-5-4-6-9-17/h4-6,8-11,14H,7,12-13H2,1-3H3,(H,22,25). The van der Waals surface area contributed by atoms with E-state index < -0.39 is 5.54 Å². The minimum absolute atomic E-state index is 0.222. The Morgan fingerprint density at radius 1 is 1.04 bits per heavy atom. The molecular formula is C21H24N2O3. The van der Waals surface area contributed by atoms with Crippen molar-refractivity contribution in [3.63, 3.8) is 0 Å². The maximum absolute atomic E-state index is 12.8. The molecule has 26 heavy (non-hydrogen) atoms. The van der Waals surface area contributed by atoms with Crippen LogP contribution in [0.2, 0.25) is 0 Å². The Morgan fingerprint density at radius 2 is 1.77 bits per heavy atom. The fourth-order valence-corrected chi connectivity index (χ4v) is 3.08. The largest absolute Gasteiger partial charge is 0.494 e. The van der Waals surface area contributed by atoms with E-state index in [0.29, 0.717) is 19.6 Å². The van der Waals surface area contributed by atoms with Gasteiger partial charge in [0.1, 0.15) is 11.3 Å². The number of nitrogens with one attached hydrogen (secondary N) is 1. The van der Waals surface area contributed by atoms with Gasteiger partial charge in [-0.1, -0.05) is 36.4 Å². The number of carbonyl (C=O) groups is 2. The van der Waals surface area contributed by atoms with Crippen LogP contribution in [0.3, 0.4) is 0 Å². The highest BCUT2D eigenvalue weighted by molar-refractivity contribution is 6.07. The molecule has 0 spiro atoms. The summed E-state index contributed by atoms with van der Waals surface area (Å²) in [7, 11) is 0. The van der Waals surface area contributed by atoms with E-state index in [4.69, 9.17) is 4.74 Å². The highest BCUT2D eigenvalue weighted by Crippen LogP contribution is 2.28. The summed E-state index contributed by atoms with van der Waals surface area (Å²) in [6.45, 7) is 6.62. The minimum Gasteiger partial charge on any atom is -0.494 e.